The minimum Gasteiger partial charge on any atom is -0.344 e. The van der Waals surface area contributed by atoms with Crippen molar-refractivity contribution < 1.29 is 28.2 Å². The molecule has 1 aliphatic carbocycles. The summed E-state index contributed by atoms with van der Waals surface area (Å²) >= 11 is 0. The third-order valence-corrected chi connectivity index (χ3v) is 8.55. The summed E-state index contributed by atoms with van der Waals surface area (Å²) in [5.74, 6) is -2.35. The number of nitrogens with zero attached hydrogens (tertiary/aromatic N) is 4. The number of carbonyl (C=O) groups is 4. The Morgan fingerprint density at radius 2 is 1.70 bits per heavy atom. The molecule has 2 fully saturated rings. The number of piperazine rings is 1. The maximum atomic E-state index is 15.4. The maximum absolute atomic E-state index is 15.4. The van der Waals surface area contributed by atoms with E-state index in [2.05, 4.69) is 31.2 Å². The molecule has 2 heterocycles. The van der Waals surface area contributed by atoms with Gasteiger partial charge in [-0.1, -0.05) is 50.8 Å². The highest BCUT2D eigenvalue weighted by molar-refractivity contribution is 6.01. The van der Waals surface area contributed by atoms with Gasteiger partial charge in [0.05, 0.1) is 5.69 Å². The molecule has 4 amide bonds. The first-order valence-electron chi connectivity index (χ1n) is 15.7. The Morgan fingerprint density at radius 1 is 1.00 bits per heavy atom. The lowest BCUT2D eigenvalue weighted by Crippen LogP contribution is -2.54. The fraction of sp³-hybridized carbons (Fsp3) is 0.613. The van der Waals surface area contributed by atoms with Crippen LogP contribution in [0.2, 0.25) is 0 Å². The molecular formula is C31H44FN7O5. The standard InChI is InChI=1S/C31H44FN7O5/c1-4-23-28(37-44-36-23)30(42)35-27(21-10-8-6-7-9-11-21)29(41)34-24-13-12-20(18-22(24)32)19-25(33-26(40)5-2)31(43)39-16-14-38(3)15-17-39/h12-13,18,21,25,27H,4-11,14-17,19H2,1-3H3,(H,33,40)(H,34,41)(H,35,42)/t25-,27+/m1/s1. The van der Waals surface area contributed by atoms with Gasteiger partial charge in [-0.25, -0.2) is 9.02 Å². The summed E-state index contributed by atoms with van der Waals surface area (Å²) < 4.78 is 20.2. The topological polar surface area (TPSA) is 150 Å². The van der Waals surface area contributed by atoms with Crippen molar-refractivity contribution in [1.29, 1.82) is 0 Å². The van der Waals surface area contributed by atoms with E-state index in [1.165, 1.54) is 12.1 Å². The molecule has 2 atom stereocenters. The third-order valence-electron chi connectivity index (χ3n) is 8.55. The maximum Gasteiger partial charge on any atom is 0.276 e. The van der Waals surface area contributed by atoms with Gasteiger partial charge in [0.1, 0.15) is 23.6 Å². The van der Waals surface area contributed by atoms with Crippen LogP contribution in [-0.2, 0) is 27.2 Å². The minimum atomic E-state index is -0.907. The lowest BCUT2D eigenvalue weighted by Gasteiger charge is -2.34. The van der Waals surface area contributed by atoms with Crippen LogP contribution in [0, 0.1) is 11.7 Å². The molecule has 240 valence electrons. The largest absolute Gasteiger partial charge is 0.344 e. The van der Waals surface area contributed by atoms with Gasteiger partial charge in [-0.15, -0.1) is 0 Å². The first kappa shape index (κ1) is 33.0. The molecule has 0 bridgehead atoms. The van der Waals surface area contributed by atoms with Crippen molar-refractivity contribution in [2.45, 2.75) is 83.7 Å². The van der Waals surface area contributed by atoms with Gasteiger partial charge in [-0.2, -0.15) is 0 Å². The highest BCUT2D eigenvalue weighted by Crippen LogP contribution is 2.27. The first-order valence-corrected chi connectivity index (χ1v) is 15.7. The zero-order valence-electron chi connectivity index (χ0n) is 25.9. The van der Waals surface area contributed by atoms with Gasteiger partial charge >= 0.3 is 0 Å². The number of hydrogen-bond donors (Lipinski definition) is 3. The van der Waals surface area contributed by atoms with E-state index < -0.39 is 29.7 Å². The van der Waals surface area contributed by atoms with E-state index in [1.807, 2.05) is 14.0 Å². The van der Waals surface area contributed by atoms with Crippen LogP contribution < -0.4 is 16.0 Å². The van der Waals surface area contributed by atoms with Crippen molar-refractivity contribution in [2.24, 2.45) is 5.92 Å². The quantitative estimate of drug-likeness (QED) is 0.328. The SMILES string of the molecule is CCC(=O)N[C@H](Cc1ccc(NC(=O)[C@@H](NC(=O)c2nonc2CC)C2CCCCCC2)c(F)c1)C(=O)N1CCN(C)CC1. The Hall–Kier alpha value is -3.87. The second-order valence-electron chi connectivity index (χ2n) is 11.7. The molecule has 0 radical (unpaired) electrons. The second-order valence-corrected chi connectivity index (χ2v) is 11.7. The number of nitrogens with one attached hydrogen (secondary N) is 3. The van der Waals surface area contributed by atoms with Gasteiger partial charge in [0.25, 0.3) is 5.91 Å². The molecule has 44 heavy (non-hydrogen) atoms. The van der Waals surface area contributed by atoms with E-state index in [9.17, 15) is 19.2 Å². The molecule has 1 saturated heterocycles. The van der Waals surface area contributed by atoms with Gasteiger partial charge in [0, 0.05) is 39.0 Å². The third kappa shape index (κ3) is 8.61. The molecule has 4 rings (SSSR count). The van der Waals surface area contributed by atoms with Gasteiger partial charge in [0.15, 0.2) is 5.69 Å². The number of aryl methyl sites for hydroxylation is 1. The molecule has 1 aliphatic heterocycles. The molecule has 2 aromatic rings. The summed E-state index contributed by atoms with van der Waals surface area (Å²) in [6.45, 7) is 6.11. The number of amides is 4. The molecule has 12 nitrogen and oxygen atoms in total. The molecule has 1 saturated carbocycles. The summed E-state index contributed by atoms with van der Waals surface area (Å²) in [6.07, 6.45) is 6.24. The van der Waals surface area contributed by atoms with E-state index in [1.54, 1.807) is 17.9 Å². The fourth-order valence-corrected chi connectivity index (χ4v) is 5.84. The van der Waals surface area contributed by atoms with Crippen LogP contribution >= 0.6 is 0 Å². The van der Waals surface area contributed by atoms with Crippen molar-refractivity contribution in [3.8, 4) is 0 Å². The van der Waals surface area contributed by atoms with Crippen molar-refractivity contribution >= 4 is 29.3 Å². The van der Waals surface area contributed by atoms with Crippen LogP contribution in [0.3, 0.4) is 0 Å². The lowest BCUT2D eigenvalue weighted by atomic mass is 9.90. The average Bonchev–Trinajstić information content (AvgIpc) is 3.35. The van der Waals surface area contributed by atoms with Crippen LogP contribution in [0.4, 0.5) is 10.1 Å². The van der Waals surface area contributed by atoms with E-state index >= 15 is 4.39 Å². The van der Waals surface area contributed by atoms with Crippen LogP contribution in [0.25, 0.3) is 0 Å². The highest BCUT2D eigenvalue weighted by atomic mass is 19.1. The van der Waals surface area contributed by atoms with Gasteiger partial charge in [0.2, 0.25) is 17.7 Å². The minimum absolute atomic E-state index is 0.0327. The zero-order valence-corrected chi connectivity index (χ0v) is 25.9. The number of anilines is 1. The number of benzene rings is 1. The summed E-state index contributed by atoms with van der Waals surface area (Å²) in [5.41, 5.74) is 0.890. The zero-order chi connectivity index (χ0) is 31.6. The van der Waals surface area contributed by atoms with Crippen LogP contribution in [0.15, 0.2) is 22.8 Å². The second kappa shape index (κ2) is 15.7. The van der Waals surface area contributed by atoms with Gasteiger partial charge in [-0.05, 0) is 55.1 Å². The Morgan fingerprint density at radius 3 is 2.34 bits per heavy atom. The monoisotopic (exact) mass is 613 g/mol. The van der Waals surface area contributed by atoms with E-state index in [-0.39, 0.29) is 42.0 Å². The smallest absolute Gasteiger partial charge is 0.276 e. The molecular weight excluding hydrogens is 569 g/mol. The summed E-state index contributed by atoms with van der Waals surface area (Å²) in [4.78, 5) is 56.1. The summed E-state index contributed by atoms with van der Waals surface area (Å²) in [6, 6.07) is 2.61. The summed E-state index contributed by atoms with van der Waals surface area (Å²) in [7, 11) is 1.99. The van der Waals surface area contributed by atoms with Crippen molar-refractivity contribution in [2.75, 3.05) is 38.5 Å². The molecule has 13 heteroatoms. The number of rotatable bonds is 11. The normalized spacial score (nSPS) is 17.8. The predicted molar refractivity (Wildman–Crippen MR) is 161 cm³/mol. The van der Waals surface area contributed by atoms with Crippen LogP contribution in [0.1, 0.15) is 80.5 Å². The molecule has 1 aromatic carbocycles. The Balaban J connectivity index is 1.48. The van der Waals surface area contributed by atoms with Gasteiger partial charge < -0.3 is 25.8 Å². The van der Waals surface area contributed by atoms with Crippen molar-refractivity contribution in [1.82, 2.24) is 30.7 Å². The predicted octanol–water partition coefficient (Wildman–Crippen LogP) is 2.69. The Bertz CT molecular complexity index is 1300. The van der Waals surface area contributed by atoms with Crippen molar-refractivity contribution in [3.63, 3.8) is 0 Å². The average molecular weight is 614 g/mol. The number of aromatic nitrogens is 2. The molecule has 1 aromatic heterocycles. The molecule has 0 unspecified atom stereocenters. The number of hydrogen-bond acceptors (Lipinski definition) is 8. The van der Waals surface area contributed by atoms with Crippen LogP contribution in [-0.4, -0.2) is 89.1 Å². The highest BCUT2D eigenvalue weighted by Gasteiger charge is 2.33. The lowest BCUT2D eigenvalue weighted by molar-refractivity contribution is -0.137. The van der Waals surface area contributed by atoms with Crippen molar-refractivity contribution in [3.05, 3.63) is 41.0 Å². The van der Waals surface area contributed by atoms with E-state index in [0.29, 0.717) is 30.8 Å². The number of likely N-dealkylation sites (N-methyl/N-ethyl adjacent to an activating group) is 1. The van der Waals surface area contributed by atoms with E-state index in [0.717, 1.165) is 51.6 Å². The number of carbonyl (C=O) groups excluding carboxylic acids is 4. The molecule has 3 N–H and O–H groups in total. The summed E-state index contributed by atoms with van der Waals surface area (Å²) in [5, 5.41) is 15.8. The first-order chi connectivity index (χ1) is 21.2. The fourth-order valence-electron chi connectivity index (χ4n) is 5.84. The molecule has 0 spiro atoms. The van der Waals surface area contributed by atoms with E-state index in [4.69, 9.17) is 4.63 Å². The molecule has 2 aliphatic rings. The van der Waals surface area contributed by atoms with Gasteiger partial charge in [-0.3, -0.25) is 19.2 Å². The van der Waals surface area contributed by atoms with Crippen LogP contribution in [0.5, 0.6) is 0 Å². The Labute approximate surface area is 257 Å². The number of halogens is 1. The Kier molecular flexibility index (Phi) is 11.8.